The van der Waals surface area contributed by atoms with Gasteiger partial charge in [0.2, 0.25) is 6.41 Å². The number of hydrogen-bond donors (Lipinski definition) is 3. The molecule has 0 heterocycles. The van der Waals surface area contributed by atoms with Gasteiger partial charge in [0, 0.05) is 6.54 Å². The first-order chi connectivity index (χ1) is 4.72. The number of amides is 1. The molecule has 0 bridgehead atoms. The monoisotopic (exact) mass is 146 g/mol. The third-order valence-electron chi connectivity index (χ3n) is 1.05. The minimum Gasteiger partial charge on any atom is -0.480 e. The van der Waals surface area contributed by atoms with Crippen LogP contribution in [0.3, 0.4) is 0 Å². The lowest BCUT2D eigenvalue weighted by molar-refractivity contribution is -0.139. The molecule has 5 heteroatoms. The third-order valence-corrected chi connectivity index (χ3v) is 1.05. The van der Waals surface area contributed by atoms with Crippen molar-refractivity contribution in [3.05, 3.63) is 0 Å². The van der Waals surface area contributed by atoms with Crippen molar-refractivity contribution in [1.29, 1.82) is 0 Å². The Kier molecular flexibility index (Phi) is 4.23. The van der Waals surface area contributed by atoms with Gasteiger partial charge in [-0.15, -0.1) is 0 Å². The topological polar surface area (TPSA) is 78.4 Å². The maximum atomic E-state index is 10.2. The van der Waals surface area contributed by atoms with E-state index in [1.54, 1.807) is 0 Å². The van der Waals surface area contributed by atoms with Crippen molar-refractivity contribution in [3.8, 4) is 0 Å². The van der Waals surface area contributed by atoms with Crippen LogP contribution < -0.4 is 10.6 Å². The van der Waals surface area contributed by atoms with E-state index in [-0.39, 0.29) is 6.54 Å². The minimum atomic E-state index is -0.975. The molecular formula is C5H10N2O3. The fourth-order valence-electron chi connectivity index (χ4n) is 0.479. The van der Waals surface area contributed by atoms with Gasteiger partial charge >= 0.3 is 5.97 Å². The van der Waals surface area contributed by atoms with Gasteiger partial charge in [-0.1, -0.05) is 0 Å². The first-order valence-corrected chi connectivity index (χ1v) is 2.79. The number of carboxylic acids is 1. The molecule has 0 aliphatic heterocycles. The van der Waals surface area contributed by atoms with Gasteiger partial charge in [0.1, 0.15) is 6.04 Å². The highest BCUT2D eigenvalue weighted by molar-refractivity contribution is 5.74. The van der Waals surface area contributed by atoms with Crippen molar-refractivity contribution in [2.24, 2.45) is 0 Å². The normalized spacial score (nSPS) is 12.1. The van der Waals surface area contributed by atoms with Gasteiger partial charge in [0.15, 0.2) is 0 Å². The van der Waals surface area contributed by atoms with Crippen LogP contribution in [0.25, 0.3) is 0 Å². The summed E-state index contributed by atoms with van der Waals surface area (Å²) in [7, 11) is 1.52. The van der Waals surface area contributed by atoms with Crippen molar-refractivity contribution in [2.75, 3.05) is 13.6 Å². The molecule has 0 radical (unpaired) electrons. The molecule has 5 nitrogen and oxygen atoms in total. The van der Waals surface area contributed by atoms with Crippen LogP contribution in [0.5, 0.6) is 0 Å². The lowest BCUT2D eigenvalue weighted by atomic mass is 10.3. The van der Waals surface area contributed by atoms with Crippen molar-refractivity contribution in [3.63, 3.8) is 0 Å². The highest BCUT2D eigenvalue weighted by Gasteiger charge is 2.12. The van der Waals surface area contributed by atoms with Crippen LogP contribution in [0, 0.1) is 0 Å². The van der Waals surface area contributed by atoms with E-state index in [0.29, 0.717) is 6.41 Å². The van der Waals surface area contributed by atoms with Crippen LogP contribution in [0.15, 0.2) is 0 Å². The smallest absolute Gasteiger partial charge is 0.322 e. The Labute approximate surface area is 58.4 Å². The zero-order valence-electron chi connectivity index (χ0n) is 5.63. The van der Waals surface area contributed by atoms with E-state index in [9.17, 15) is 9.59 Å². The molecule has 0 aliphatic carbocycles. The fourth-order valence-corrected chi connectivity index (χ4v) is 0.479. The van der Waals surface area contributed by atoms with Crippen molar-refractivity contribution in [2.45, 2.75) is 6.04 Å². The van der Waals surface area contributed by atoms with Crippen LogP contribution in [0.4, 0.5) is 0 Å². The van der Waals surface area contributed by atoms with E-state index in [4.69, 9.17) is 5.11 Å². The third kappa shape index (κ3) is 3.03. The molecule has 0 spiro atoms. The maximum absolute atomic E-state index is 10.2. The minimum absolute atomic E-state index is 0.106. The molecule has 10 heavy (non-hydrogen) atoms. The second-order valence-corrected chi connectivity index (χ2v) is 1.71. The predicted molar refractivity (Wildman–Crippen MR) is 34.6 cm³/mol. The Balaban J connectivity index is 3.60. The van der Waals surface area contributed by atoms with Crippen LogP contribution in [0.1, 0.15) is 0 Å². The molecule has 0 saturated carbocycles. The lowest BCUT2D eigenvalue weighted by Gasteiger charge is -2.08. The molecule has 1 amide bonds. The number of nitrogens with one attached hydrogen (secondary N) is 2. The molecule has 0 aromatic carbocycles. The number of hydrogen-bond acceptors (Lipinski definition) is 3. The number of rotatable bonds is 5. The summed E-state index contributed by atoms with van der Waals surface area (Å²) >= 11 is 0. The molecule has 0 rings (SSSR count). The summed E-state index contributed by atoms with van der Waals surface area (Å²) in [6.45, 7) is 0.106. The molecule has 58 valence electrons. The van der Waals surface area contributed by atoms with Crippen molar-refractivity contribution >= 4 is 12.4 Å². The Bertz CT molecular complexity index is 126. The number of carboxylic acid groups (broad SMARTS) is 1. The van der Waals surface area contributed by atoms with Gasteiger partial charge in [-0.3, -0.25) is 9.59 Å². The van der Waals surface area contributed by atoms with E-state index in [1.807, 2.05) is 0 Å². The highest BCUT2D eigenvalue weighted by atomic mass is 16.4. The Morgan fingerprint density at radius 1 is 1.80 bits per heavy atom. The first kappa shape index (κ1) is 8.90. The van der Waals surface area contributed by atoms with Crippen LogP contribution >= 0.6 is 0 Å². The molecule has 1 unspecified atom stereocenters. The largest absolute Gasteiger partial charge is 0.480 e. The van der Waals surface area contributed by atoms with E-state index in [0.717, 1.165) is 0 Å². The summed E-state index contributed by atoms with van der Waals surface area (Å²) in [6, 6.07) is -0.704. The second kappa shape index (κ2) is 4.75. The summed E-state index contributed by atoms with van der Waals surface area (Å²) < 4.78 is 0. The predicted octanol–water partition coefficient (Wildman–Crippen LogP) is -1.59. The second-order valence-electron chi connectivity index (χ2n) is 1.71. The van der Waals surface area contributed by atoms with E-state index in [2.05, 4.69) is 10.6 Å². The van der Waals surface area contributed by atoms with Crippen molar-refractivity contribution in [1.82, 2.24) is 10.6 Å². The number of likely N-dealkylation sites (N-methyl/N-ethyl adjacent to an activating group) is 1. The summed E-state index contributed by atoms with van der Waals surface area (Å²) in [5, 5.41) is 13.2. The van der Waals surface area contributed by atoms with Gasteiger partial charge < -0.3 is 15.7 Å². The van der Waals surface area contributed by atoms with E-state index < -0.39 is 12.0 Å². The van der Waals surface area contributed by atoms with Crippen LogP contribution in [-0.4, -0.2) is 37.1 Å². The number of carbonyl (C=O) groups excluding carboxylic acids is 1. The molecule has 1 atom stereocenters. The summed E-state index contributed by atoms with van der Waals surface area (Å²) in [6.07, 6.45) is 0.466. The van der Waals surface area contributed by atoms with Gasteiger partial charge in [-0.2, -0.15) is 0 Å². The summed E-state index contributed by atoms with van der Waals surface area (Å²) in [5.41, 5.74) is 0. The Hall–Kier alpha value is -1.10. The Morgan fingerprint density at radius 2 is 2.40 bits per heavy atom. The quantitative estimate of drug-likeness (QED) is 0.408. The fraction of sp³-hybridized carbons (Fsp3) is 0.600. The lowest BCUT2D eigenvalue weighted by Crippen LogP contribution is -2.42. The first-order valence-electron chi connectivity index (χ1n) is 2.79. The number of carbonyl (C=O) groups is 2. The van der Waals surface area contributed by atoms with Crippen LogP contribution in [-0.2, 0) is 9.59 Å². The maximum Gasteiger partial charge on any atom is 0.322 e. The molecule has 0 aromatic rings. The van der Waals surface area contributed by atoms with Gasteiger partial charge in [-0.25, -0.2) is 0 Å². The molecule has 0 aliphatic rings. The van der Waals surface area contributed by atoms with E-state index in [1.165, 1.54) is 7.05 Å². The molecular weight excluding hydrogens is 136 g/mol. The number of aliphatic carboxylic acids is 1. The van der Waals surface area contributed by atoms with Gasteiger partial charge in [-0.05, 0) is 7.05 Å². The molecule has 3 N–H and O–H groups in total. The van der Waals surface area contributed by atoms with E-state index >= 15 is 0 Å². The highest BCUT2D eigenvalue weighted by Crippen LogP contribution is 1.77. The zero-order chi connectivity index (χ0) is 7.98. The zero-order valence-corrected chi connectivity index (χ0v) is 5.63. The molecule has 0 saturated heterocycles. The molecule has 0 aromatic heterocycles. The Morgan fingerprint density at radius 3 is 2.70 bits per heavy atom. The standard InChI is InChI=1S/C5H10N2O3/c1-6-4(5(9)10)2-7-3-8/h3-4,6H,2H2,1H3,(H,7,8)(H,9,10). The molecule has 0 fully saturated rings. The van der Waals surface area contributed by atoms with Gasteiger partial charge in [0.25, 0.3) is 0 Å². The van der Waals surface area contributed by atoms with Gasteiger partial charge in [0.05, 0.1) is 0 Å². The van der Waals surface area contributed by atoms with Crippen LogP contribution in [0.2, 0.25) is 0 Å². The summed E-state index contributed by atoms with van der Waals surface area (Å²) in [5.74, 6) is -0.975. The summed E-state index contributed by atoms with van der Waals surface area (Å²) in [4.78, 5) is 19.9. The van der Waals surface area contributed by atoms with Crippen molar-refractivity contribution < 1.29 is 14.7 Å². The average molecular weight is 146 g/mol. The average Bonchev–Trinajstić information content (AvgIpc) is 1.89. The SMILES string of the molecule is CNC(CNC=O)C(=O)O.